The number of rotatable bonds is 5. The highest BCUT2D eigenvalue weighted by Gasteiger charge is 2.31. The summed E-state index contributed by atoms with van der Waals surface area (Å²) in [7, 11) is -1.99. The standard InChI is InChI=1S/C21H26N2O4S/c1-15-11-16(2)14-23(13-15)28(25,26)20-9-7-17(8-10-20)21(24)22-18-5-4-6-19(12-18)27-3/h4-10,12,15-16H,11,13-14H2,1-3H3,(H,22,24)/t15-,16-/m1/s1. The van der Waals surface area contributed by atoms with E-state index < -0.39 is 10.0 Å². The fraction of sp³-hybridized carbons (Fsp3) is 0.381. The van der Waals surface area contributed by atoms with Crippen LogP contribution >= 0.6 is 0 Å². The van der Waals surface area contributed by atoms with Crippen molar-refractivity contribution in [3.8, 4) is 5.75 Å². The van der Waals surface area contributed by atoms with Crippen LogP contribution in [0.15, 0.2) is 53.4 Å². The molecule has 1 aliphatic rings. The lowest BCUT2D eigenvalue weighted by molar-refractivity contribution is 0.102. The number of anilines is 1. The van der Waals surface area contributed by atoms with Gasteiger partial charge in [-0.25, -0.2) is 8.42 Å². The van der Waals surface area contributed by atoms with Crippen LogP contribution in [0.1, 0.15) is 30.6 Å². The van der Waals surface area contributed by atoms with Crippen LogP contribution < -0.4 is 10.1 Å². The fourth-order valence-electron chi connectivity index (χ4n) is 3.63. The third-order valence-corrected chi connectivity index (χ3v) is 6.76. The molecule has 0 radical (unpaired) electrons. The molecule has 1 aliphatic heterocycles. The van der Waals surface area contributed by atoms with Crippen LogP contribution in [0.25, 0.3) is 0 Å². The molecule has 1 amide bonds. The van der Waals surface area contributed by atoms with Gasteiger partial charge in [-0.05, 0) is 54.7 Å². The maximum Gasteiger partial charge on any atom is 0.255 e. The average Bonchev–Trinajstić information content (AvgIpc) is 2.67. The van der Waals surface area contributed by atoms with Gasteiger partial charge in [-0.2, -0.15) is 4.31 Å². The number of hydrogen-bond donors (Lipinski definition) is 1. The minimum Gasteiger partial charge on any atom is -0.497 e. The molecule has 0 unspecified atom stereocenters. The van der Waals surface area contributed by atoms with Gasteiger partial charge >= 0.3 is 0 Å². The number of nitrogens with one attached hydrogen (secondary N) is 1. The molecular formula is C21H26N2O4S. The van der Waals surface area contributed by atoms with E-state index in [9.17, 15) is 13.2 Å². The van der Waals surface area contributed by atoms with Gasteiger partial charge in [-0.3, -0.25) is 4.79 Å². The molecule has 1 N–H and O–H groups in total. The fourth-order valence-corrected chi connectivity index (χ4v) is 5.31. The number of methoxy groups -OCH3 is 1. The van der Waals surface area contributed by atoms with Gasteiger partial charge < -0.3 is 10.1 Å². The van der Waals surface area contributed by atoms with Crippen LogP contribution in [0.2, 0.25) is 0 Å². The van der Waals surface area contributed by atoms with Gasteiger partial charge in [0.15, 0.2) is 0 Å². The van der Waals surface area contributed by atoms with Crippen molar-refractivity contribution >= 4 is 21.6 Å². The first-order valence-corrected chi connectivity index (χ1v) is 10.8. The molecule has 0 bridgehead atoms. The Balaban J connectivity index is 1.74. The second-order valence-corrected chi connectivity index (χ2v) is 9.42. The summed E-state index contributed by atoms with van der Waals surface area (Å²) in [6, 6.07) is 13.1. The number of hydrogen-bond acceptors (Lipinski definition) is 4. The van der Waals surface area contributed by atoms with Gasteiger partial charge in [0.25, 0.3) is 5.91 Å². The van der Waals surface area contributed by atoms with Crippen LogP contribution in [-0.4, -0.2) is 38.8 Å². The van der Waals surface area contributed by atoms with E-state index in [1.54, 1.807) is 47.8 Å². The lowest BCUT2D eigenvalue weighted by atomic mass is 9.94. The quantitative estimate of drug-likeness (QED) is 0.829. The largest absolute Gasteiger partial charge is 0.497 e. The van der Waals surface area contributed by atoms with Crippen molar-refractivity contribution in [2.45, 2.75) is 25.2 Å². The Bertz CT molecular complexity index is 931. The molecule has 0 saturated carbocycles. The molecule has 2 atom stereocenters. The molecule has 1 heterocycles. The monoisotopic (exact) mass is 402 g/mol. The van der Waals surface area contributed by atoms with Crippen molar-refractivity contribution in [2.75, 3.05) is 25.5 Å². The molecule has 150 valence electrons. The Morgan fingerprint density at radius 3 is 2.32 bits per heavy atom. The number of benzene rings is 2. The highest BCUT2D eigenvalue weighted by Crippen LogP contribution is 2.27. The molecule has 6 nitrogen and oxygen atoms in total. The molecular weight excluding hydrogens is 376 g/mol. The summed E-state index contributed by atoms with van der Waals surface area (Å²) in [5, 5.41) is 2.79. The van der Waals surface area contributed by atoms with Gasteiger partial charge in [0.2, 0.25) is 10.0 Å². The highest BCUT2D eigenvalue weighted by molar-refractivity contribution is 7.89. The molecule has 0 spiro atoms. The van der Waals surface area contributed by atoms with E-state index >= 15 is 0 Å². The maximum absolute atomic E-state index is 12.9. The Morgan fingerprint density at radius 2 is 1.71 bits per heavy atom. The molecule has 0 aromatic heterocycles. The SMILES string of the molecule is COc1cccc(NC(=O)c2ccc(S(=O)(=O)N3C[C@H](C)C[C@@H](C)C3)cc2)c1. The lowest BCUT2D eigenvalue weighted by Crippen LogP contribution is -2.42. The molecule has 28 heavy (non-hydrogen) atoms. The lowest BCUT2D eigenvalue weighted by Gasteiger charge is -2.34. The summed E-state index contributed by atoms with van der Waals surface area (Å²) < 4.78 is 32.6. The number of carbonyl (C=O) groups is 1. The van der Waals surface area contributed by atoms with Gasteiger partial charge in [0, 0.05) is 30.4 Å². The molecule has 1 fully saturated rings. The van der Waals surface area contributed by atoms with Crippen molar-refractivity contribution in [2.24, 2.45) is 11.8 Å². The third kappa shape index (κ3) is 4.54. The second-order valence-electron chi connectivity index (χ2n) is 7.48. The third-order valence-electron chi connectivity index (χ3n) is 4.92. The first kappa shape index (κ1) is 20.4. The summed E-state index contributed by atoms with van der Waals surface area (Å²) in [4.78, 5) is 12.7. The van der Waals surface area contributed by atoms with Crippen LogP contribution in [-0.2, 0) is 10.0 Å². The van der Waals surface area contributed by atoms with Crippen LogP contribution in [0.5, 0.6) is 5.75 Å². The Morgan fingerprint density at radius 1 is 1.07 bits per heavy atom. The predicted octanol–water partition coefficient (Wildman–Crippen LogP) is 3.61. The first-order chi connectivity index (χ1) is 13.3. The number of sulfonamides is 1. The number of piperidine rings is 1. The maximum atomic E-state index is 12.9. The van der Waals surface area contributed by atoms with E-state index in [1.165, 1.54) is 12.1 Å². The van der Waals surface area contributed by atoms with Crippen molar-refractivity contribution < 1.29 is 17.9 Å². The molecule has 7 heteroatoms. The Labute approximate surface area is 166 Å². The van der Waals surface area contributed by atoms with Crippen LogP contribution in [0.4, 0.5) is 5.69 Å². The van der Waals surface area contributed by atoms with Crippen LogP contribution in [0, 0.1) is 11.8 Å². The summed E-state index contributed by atoms with van der Waals surface area (Å²) in [6.07, 6.45) is 1.04. The zero-order valence-corrected chi connectivity index (χ0v) is 17.2. The summed E-state index contributed by atoms with van der Waals surface area (Å²) >= 11 is 0. The van der Waals surface area contributed by atoms with E-state index in [1.807, 2.05) is 0 Å². The van der Waals surface area contributed by atoms with Crippen LogP contribution in [0.3, 0.4) is 0 Å². The number of ether oxygens (including phenoxy) is 1. The predicted molar refractivity (Wildman–Crippen MR) is 109 cm³/mol. The minimum absolute atomic E-state index is 0.215. The van der Waals surface area contributed by atoms with Crippen molar-refractivity contribution in [3.63, 3.8) is 0 Å². The Hall–Kier alpha value is -2.38. The normalized spacial score (nSPS) is 20.5. The zero-order chi connectivity index (χ0) is 20.3. The van der Waals surface area contributed by atoms with Crippen molar-refractivity contribution in [3.05, 3.63) is 54.1 Å². The molecule has 1 saturated heterocycles. The number of nitrogens with zero attached hydrogens (tertiary/aromatic N) is 1. The van der Waals surface area contributed by atoms with Gasteiger partial charge in [-0.1, -0.05) is 19.9 Å². The van der Waals surface area contributed by atoms with Gasteiger partial charge in [-0.15, -0.1) is 0 Å². The molecule has 0 aliphatic carbocycles. The topological polar surface area (TPSA) is 75.7 Å². The van der Waals surface area contributed by atoms with Gasteiger partial charge in [0.05, 0.1) is 12.0 Å². The summed E-state index contributed by atoms with van der Waals surface area (Å²) in [5.74, 6) is 1.01. The first-order valence-electron chi connectivity index (χ1n) is 9.35. The smallest absolute Gasteiger partial charge is 0.255 e. The summed E-state index contributed by atoms with van der Waals surface area (Å²) in [5.41, 5.74) is 1.000. The second kappa shape index (κ2) is 8.32. The van der Waals surface area contributed by atoms with E-state index in [0.717, 1.165) is 6.42 Å². The summed E-state index contributed by atoms with van der Waals surface area (Å²) in [6.45, 7) is 5.21. The van der Waals surface area contributed by atoms with Crippen molar-refractivity contribution in [1.29, 1.82) is 0 Å². The van der Waals surface area contributed by atoms with E-state index in [0.29, 0.717) is 41.9 Å². The van der Waals surface area contributed by atoms with E-state index in [4.69, 9.17) is 4.74 Å². The van der Waals surface area contributed by atoms with Crippen molar-refractivity contribution in [1.82, 2.24) is 4.31 Å². The number of amides is 1. The molecule has 2 aromatic carbocycles. The molecule has 2 aromatic rings. The van der Waals surface area contributed by atoms with E-state index in [2.05, 4.69) is 19.2 Å². The van der Waals surface area contributed by atoms with E-state index in [-0.39, 0.29) is 10.8 Å². The zero-order valence-electron chi connectivity index (χ0n) is 16.4. The minimum atomic E-state index is -3.55. The molecule has 3 rings (SSSR count). The average molecular weight is 403 g/mol. The Kier molecular flexibility index (Phi) is 6.05. The highest BCUT2D eigenvalue weighted by atomic mass is 32.2. The number of carbonyl (C=O) groups excluding carboxylic acids is 1. The van der Waals surface area contributed by atoms with Gasteiger partial charge in [0.1, 0.15) is 5.75 Å².